The number of nitrogens with one attached hydrogen (secondary N) is 3. The molecule has 3 aromatic rings. The van der Waals surface area contributed by atoms with E-state index in [9.17, 15) is 14.4 Å². The summed E-state index contributed by atoms with van der Waals surface area (Å²) in [6.07, 6.45) is 1.37. The highest BCUT2D eigenvalue weighted by Crippen LogP contribution is 2.28. The molecule has 3 aromatic carbocycles. The van der Waals surface area contributed by atoms with Crippen LogP contribution in [0.4, 0.5) is 11.4 Å². The van der Waals surface area contributed by atoms with Crippen molar-refractivity contribution in [2.24, 2.45) is 5.10 Å². The topological polar surface area (TPSA) is 118 Å². The molecule has 36 heavy (non-hydrogen) atoms. The van der Waals surface area contributed by atoms with Crippen LogP contribution in [0.3, 0.4) is 0 Å². The first-order chi connectivity index (χ1) is 17.4. The minimum Gasteiger partial charge on any atom is -0.490 e. The fourth-order valence-electron chi connectivity index (χ4n) is 3.14. The average Bonchev–Trinajstić information content (AvgIpc) is 2.87. The SMILES string of the molecule is CCOc1cc(/C=N\NC(=O)C(=O)Nc2cccc(C)c2C)ccc1OCC(=O)Nc1ccccc1. The maximum Gasteiger partial charge on any atom is 0.329 e. The molecule has 0 fully saturated rings. The number of nitrogens with zero attached hydrogens (tertiary/aromatic N) is 1. The van der Waals surface area contributed by atoms with E-state index in [1.807, 2.05) is 45.0 Å². The first kappa shape index (κ1) is 26.0. The van der Waals surface area contributed by atoms with Crippen molar-refractivity contribution in [1.29, 1.82) is 0 Å². The number of hydrazone groups is 1. The first-order valence-corrected chi connectivity index (χ1v) is 11.3. The molecule has 0 aliphatic rings. The van der Waals surface area contributed by atoms with Crippen LogP contribution in [0, 0.1) is 13.8 Å². The van der Waals surface area contributed by atoms with Crippen LogP contribution < -0.4 is 25.5 Å². The Bertz CT molecular complexity index is 1260. The molecule has 0 aliphatic carbocycles. The van der Waals surface area contributed by atoms with Crippen LogP contribution in [0.2, 0.25) is 0 Å². The highest BCUT2D eigenvalue weighted by molar-refractivity contribution is 6.39. The molecule has 0 radical (unpaired) electrons. The number of carbonyl (C=O) groups excluding carboxylic acids is 3. The van der Waals surface area contributed by atoms with Crippen LogP contribution in [0.1, 0.15) is 23.6 Å². The minimum atomic E-state index is -0.901. The van der Waals surface area contributed by atoms with Crippen molar-refractivity contribution in [3.8, 4) is 11.5 Å². The van der Waals surface area contributed by atoms with Gasteiger partial charge in [0.05, 0.1) is 12.8 Å². The number of para-hydroxylation sites is 1. The summed E-state index contributed by atoms with van der Waals surface area (Å²) in [4.78, 5) is 36.5. The van der Waals surface area contributed by atoms with Gasteiger partial charge >= 0.3 is 11.8 Å². The summed E-state index contributed by atoms with van der Waals surface area (Å²) >= 11 is 0. The molecular weight excluding hydrogens is 460 g/mol. The summed E-state index contributed by atoms with van der Waals surface area (Å²) in [7, 11) is 0. The van der Waals surface area contributed by atoms with Gasteiger partial charge in [0.1, 0.15) is 0 Å². The largest absolute Gasteiger partial charge is 0.490 e. The highest BCUT2D eigenvalue weighted by atomic mass is 16.5. The number of carbonyl (C=O) groups is 3. The van der Waals surface area contributed by atoms with Gasteiger partial charge in [-0.2, -0.15) is 5.10 Å². The van der Waals surface area contributed by atoms with E-state index in [4.69, 9.17) is 9.47 Å². The van der Waals surface area contributed by atoms with E-state index >= 15 is 0 Å². The van der Waals surface area contributed by atoms with Gasteiger partial charge in [-0.15, -0.1) is 0 Å². The van der Waals surface area contributed by atoms with Crippen LogP contribution in [-0.2, 0) is 14.4 Å². The molecule has 0 heterocycles. The molecule has 0 saturated carbocycles. The van der Waals surface area contributed by atoms with Crippen LogP contribution in [0.5, 0.6) is 11.5 Å². The quantitative estimate of drug-likeness (QED) is 0.241. The molecular formula is C27H28N4O5. The molecule has 0 aromatic heterocycles. The third kappa shape index (κ3) is 7.42. The number of hydrogen-bond donors (Lipinski definition) is 3. The number of hydrogen-bond acceptors (Lipinski definition) is 6. The number of rotatable bonds is 9. The zero-order valence-corrected chi connectivity index (χ0v) is 20.3. The third-order valence-corrected chi connectivity index (χ3v) is 5.12. The smallest absolute Gasteiger partial charge is 0.329 e. The van der Waals surface area contributed by atoms with Gasteiger partial charge in [-0.3, -0.25) is 14.4 Å². The first-order valence-electron chi connectivity index (χ1n) is 11.3. The molecule has 3 N–H and O–H groups in total. The summed E-state index contributed by atoms with van der Waals surface area (Å²) in [6, 6.07) is 19.5. The molecule has 9 nitrogen and oxygen atoms in total. The number of anilines is 2. The van der Waals surface area contributed by atoms with E-state index < -0.39 is 11.8 Å². The maximum atomic E-state index is 12.2. The maximum absolute atomic E-state index is 12.2. The van der Waals surface area contributed by atoms with Crippen molar-refractivity contribution in [3.05, 3.63) is 83.4 Å². The molecule has 0 aliphatic heterocycles. The average molecular weight is 489 g/mol. The van der Waals surface area contributed by atoms with Crippen molar-refractivity contribution in [2.45, 2.75) is 20.8 Å². The minimum absolute atomic E-state index is 0.200. The second-order valence-corrected chi connectivity index (χ2v) is 7.74. The Hall–Kier alpha value is -4.66. The molecule has 0 spiro atoms. The molecule has 0 saturated heterocycles. The molecule has 3 amide bonds. The second kappa shape index (κ2) is 12.7. The lowest BCUT2D eigenvalue weighted by molar-refractivity contribution is -0.136. The summed E-state index contributed by atoms with van der Waals surface area (Å²) < 4.78 is 11.2. The molecule has 3 rings (SSSR count). The Kier molecular flexibility index (Phi) is 9.16. The Balaban J connectivity index is 1.56. The van der Waals surface area contributed by atoms with Crippen molar-refractivity contribution < 1.29 is 23.9 Å². The number of benzene rings is 3. The Labute approximate surface area is 209 Å². The van der Waals surface area contributed by atoms with Crippen molar-refractivity contribution >= 4 is 35.3 Å². The molecule has 0 bridgehead atoms. The van der Waals surface area contributed by atoms with E-state index in [1.54, 1.807) is 42.5 Å². The lowest BCUT2D eigenvalue weighted by Crippen LogP contribution is -2.32. The summed E-state index contributed by atoms with van der Waals surface area (Å²) in [5, 5.41) is 9.17. The van der Waals surface area contributed by atoms with E-state index in [-0.39, 0.29) is 12.5 Å². The summed E-state index contributed by atoms with van der Waals surface area (Å²) in [5.74, 6) is -1.24. The van der Waals surface area contributed by atoms with E-state index in [0.29, 0.717) is 35.0 Å². The molecule has 0 atom stereocenters. The van der Waals surface area contributed by atoms with Gasteiger partial charge in [-0.25, -0.2) is 5.43 Å². The number of aryl methyl sites for hydroxylation is 1. The van der Waals surface area contributed by atoms with Gasteiger partial charge in [0.15, 0.2) is 18.1 Å². The zero-order chi connectivity index (χ0) is 25.9. The highest BCUT2D eigenvalue weighted by Gasteiger charge is 2.14. The van der Waals surface area contributed by atoms with E-state index in [2.05, 4.69) is 21.2 Å². The summed E-state index contributed by atoms with van der Waals surface area (Å²) in [6.45, 7) is 5.78. The number of ether oxygens (including phenoxy) is 2. The second-order valence-electron chi connectivity index (χ2n) is 7.74. The predicted molar refractivity (Wildman–Crippen MR) is 138 cm³/mol. The predicted octanol–water partition coefficient (Wildman–Crippen LogP) is 3.81. The van der Waals surface area contributed by atoms with E-state index in [1.165, 1.54) is 6.21 Å². The van der Waals surface area contributed by atoms with Gasteiger partial charge in [0, 0.05) is 11.4 Å². The van der Waals surface area contributed by atoms with Crippen molar-refractivity contribution in [2.75, 3.05) is 23.8 Å². The monoisotopic (exact) mass is 488 g/mol. The van der Waals surface area contributed by atoms with Gasteiger partial charge < -0.3 is 20.1 Å². The van der Waals surface area contributed by atoms with Crippen LogP contribution >= 0.6 is 0 Å². The fourth-order valence-corrected chi connectivity index (χ4v) is 3.14. The third-order valence-electron chi connectivity index (χ3n) is 5.12. The normalized spacial score (nSPS) is 10.5. The Morgan fingerprint density at radius 1 is 0.861 bits per heavy atom. The van der Waals surface area contributed by atoms with E-state index in [0.717, 1.165) is 11.1 Å². The summed E-state index contributed by atoms with van der Waals surface area (Å²) in [5.41, 5.74) is 5.92. The van der Waals surface area contributed by atoms with Gasteiger partial charge in [-0.1, -0.05) is 30.3 Å². The molecule has 9 heteroatoms. The molecule has 186 valence electrons. The van der Waals surface area contributed by atoms with Crippen molar-refractivity contribution in [1.82, 2.24) is 5.43 Å². The zero-order valence-electron chi connectivity index (χ0n) is 20.3. The standard InChI is InChI=1S/C27H28N4O5/c1-4-35-24-15-20(13-14-23(24)36-17-25(32)29-21-10-6-5-7-11-21)16-28-31-27(34)26(33)30-22-12-8-9-18(2)19(22)3/h5-16H,4,17H2,1-3H3,(H,29,32)(H,30,33)(H,31,34)/b28-16-. The van der Waals surface area contributed by atoms with Gasteiger partial charge in [0.2, 0.25) is 0 Å². The van der Waals surface area contributed by atoms with Gasteiger partial charge in [-0.05, 0) is 73.9 Å². The Morgan fingerprint density at radius 2 is 1.64 bits per heavy atom. The molecule has 0 unspecified atom stereocenters. The van der Waals surface area contributed by atoms with Crippen LogP contribution in [-0.4, -0.2) is 37.1 Å². The Morgan fingerprint density at radius 3 is 2.39 bits per heavy atom. The fraction of sp³-hybridized carbons (Fsp3) is 0.185. The van der Waals surface area contributed by atoms with Crippen LogP contribution in [0.25, 0.3) is 0 Å². The van der Waals surface area contributed by atoms with Gasteiger partial charge in [0.25, 0.3) is 5.91 Å². The lowest BCUT2D eigenvalue weighted by Gasteiger charge is -2.12. The van der Waals surface area contributed by atoms with Crippen LogP contribution in [0.15, 0.2) is 71.8 Å². The lowest BCUT2D eigenvalue weighted by atomic mass is 10.1. The number of amides is 3. The van der Waals surface area contributed by atoms with Crippen molar-refractivity contribution in [3.63, 3.8) is 0 Å².